The van der Waals surface area contributed by atoms with E-state index >= 15 is 0 Å². The summed E-state index contributed by atoms with van der Waals surface area (Å²) in [5.74, 6) is 0.256. The number of nitrogens with zero attached hydrogens (tertiary/aromatic N) is 1. The van der Waals surface area contributed by atoms with E-state index in [1.165, 1.54) is 16.6 Å². The first-order valence-electron chi connectivity index (χ1n) is 7.50. The number of hydrogen-bond acceptors (Lipinski definition) is 4. The molecule has 0 fully saturated rings. The third-order valence-corrected chi connectivity index (χ3v) is 6.56. The lowest BCUT2D eigenvalue weighted by Gasteiger charge is -2.19. The van der Waals surface area contributed by atoms with E-state index in [9.17, 15) is 13.2 Å². The third kappa shape index (κ3) is 4.06. The van der Waals surface area contributed by atoms with Crippen LogP contribution in [0.5, 0.6) is 0 Å². The summed E-state index contributed by atoms with van der Waals surface area (Å²) in [7, 11) is -3.66. The van der Waals surface area contributed by atoms with E-state index in [1.54, 1.807) is 38.1 Å². The Morgan fingerprint density at radius 2 is 1.96 bits per heavy atom. The van der Waals surface area contributed by atoms with Gasteiger partial charge in [0.2, 0.25) is 10.0 Å². The van der Waals surface area contributed by atoms with Crippen molar-refractivity contribution in [2.24, 2.45) is 0 Å². The van der Waals surface area contributed by atoms with Gasteiger partial charge in [-0.15, -0.1) is 0 Å². The molecule has 2 aromatic rings. The molecule has 1 heterocycles. The first-order chi connectivity index (χ1) is 11.4. The number of furan rings is 1. The maximum absolute atomic E-state index is 12.7. The van der Waals surface area contributed by atoms with Crippen molar-refractivity contribution in [3.05, 3.63) is 52.4 Å². The minimum Gasteiger partial charge on any atom is -0.467 e. The van der Waals surface area contributed by atoms with Gasteiger partial charge in [0.05, 0.1) is 17.7 Å². The van der Waals surface area contributed by atoms with E-state index in [2.05, 4.69) is 21.2 Å². The molecular formula is C16H19BrN2O4S. The van der Waals surface area contributed by atoms with Crippen LogP contribution in [0.4, 0.5) is 0 Å². The fraction of sp³-hybridized carbons (Fsp3) is 0.312. The van der Waals surface area contributed by atoms with Crippen molar-refractivity contribution in [3.63, 3.8) is 0 Å². The second kappa shape index (κ2) is 7.96. The van der Waals surface area contributed by atoms with Gasteiger partial charge in [-0.25, -0.2) is 8.42 Å². The predicted octanol–water partition coefficient (Wildman–Crippen LogP) is 3.00. The molecule has 8 heteroatoms. The van der Waals surface area contributed by atoms with Crippen LogP contribution in [0.25, 0.3) is 0 Å². The summed E-state index contributed by atoms with van der Waals surface area (Å²) in [5.41, 5.74) is 0.274. The zero-order valence-electron chi connectivity index (χ0n) is 13.5. The molecule has 0 bridgehead atoms. The standard InChI is InChI=1S/C16H19BrN2O4S/c1-3-19(4-2)24(21,22)15-10-12(7-8-14(15)17)16(20)18-11-13-6-5-9-23-13/h5-10H,3-4,11H2,1-2H3,(H,18,20). The Balaban J connectivity index is 2.26. The van der Waals surface area contributed by atoms with Crippen molar-refractivity contribution < 1.29 is 17.6 Å². The van der Waals surface area contributed by atoms with Crippen LogP contribution in [0.15, 0.2) is 50.4 Å². The molecule has 2 rings (SSSR count). The van der Waals surface area contributed by atoms with Gasteiger partial charge in [-0.1, -0.05) is 13.8 Å². The number of sulfonamides is 1. The molecule has 0 saturated heterocycles. The van der Waals surface area contributed by atoms with Crippen molar-refractivity contribution in [1.82, 2.24) is 9.62 Å². The number of amides is 1. The highest BCUT2D eigenvalue weighted by molar-refractivity contribution is 9.10. The van der Waals surface area contributed by atoms with E-state index in [0.29, 0.717) is 23.3 Å². The minimum absolute atomic E-state index is 0.0804. The van der Waals surface area contributed by atoms with E-state index in [0.717, 1.165) is 0 Å². The van der Waals surface area contributed by atoms with E-state index in [4.69, 9.17) is 4.42 Å². The van der Waals surface area contributed by atoms with Crippen molar-refractivity contribution in [1.29, 1.82) is 0 Å². The summed E-state index contributed by atoms with van der Waals surface area (Å²) in [5, 5.41) is 2.70. The SMILES string of the molecule is CCN(CC)S(=O)(=O)c1cc(C(=O)NCc2ccco2)ccc1Br. The smallest absolute Gasteiger partial charge is 0.251 e. The number of benzene rings is 1. The van der Waals surface area contributed by atoms with Crippen molar-refractivity contribution in [2.45, 2.75) is 25.3 Å². The van der Waals surface area contributed by atoms with Gasteiger partial charge >= 0.3 is 0 Å². The molecule has 130 valence electrons. The van der Waals surface area contributed by atoms with Crippen LogP contribution < -0.4 is 5.32 Å². The molecule has 0 aliphatic carbocycles. The molecule has 1 N–H and O–H groups in total. The lowest BCUT2D eigenvalue weighted by molar-refractivity contribution is 0.0948. The Morgan fingerprint density at radius 3 is 2.54 bits per heavy atom. The Hall–Kier alpha value is -1.64. The van der Waals surface area contributed by atoms with E-state index in [-0.39, 0.29) is 22.9 Å². The van der Waals surface area contributed by atoms with Crippen molar-refractivity contribution >= 4 is 31.9 Å². The summed E-state index contributed by atoms with van der Waals surface area (Å²) in [6, 6.07) is 8.00. The topological polar surface area (TPSA) is 79.6 Å². The van der Waals surface area contributed by atoms with Crippen LogP contribution in [0, 0.1) is 0 Å². The third-order valence-electron chi connectivity index (χ3n) is 3.52. The molecular weight excluding hydrogens is 396 g/mol. The van der Waals surface area contributed by atoms with Crippen LogP contribution in [0.2, 0.25) is 0 Å². The van der Waals surface area contributed by atoms with E-state index < -0.39 is 10.0 Å². The zero-order chi connectivity index (χ0) is 17.7. The fourth-order valence-electron chi connectivity index (χ4n) is 2.23. The first kappa shape index (κ1) is 18.7. The molecule has 0 aliphatic heterocycles. The van der Waals surface area contributed by atoms with Crippen LogP contribution in [-0.2, 0) is 16.6 Å². The number of rotatable bonds is 7. The lowest BCUT2D eigenvalue weighted by Crippen LogP contribution is -2.31. The molecule has 0 atom stereocenters. The molecule has 0 radical (unpaired) electrons. The van der Waals surface area contributed by atoms with Gasteiger partial charge in [-0.3, -0.25) is 4.79 Å². The van der Waals surface area contributed by atoms with Crippen LogP contribution >= 0.6 is 15.9 Å². The predicted molar refractivity (Wildman–Crippen MR) is 94.1 cm³/mol. The molecule has 1 aromatic carbocycles. The van der Waals surface area contributed by atoms with Gasteiger partial charge in [0, 0.05) is 23.1 Å². The monoisotopic (exact) mass is 414 g/mol. The number of hydrogen-bond donors (Lipinski definition) is 1. The summed E-state index contributed by atoms with van der Waals surface area (Å²) in [4.78, 5) is 12.3. The Kier molecular flexibility index (Phi) is 6.20. The van der Waals surface area contributed by atoms with Crippen LogP contribution in [0.1, 0.15) is 30.0 Å². The van der Waals surface area contributed by atoms with Gasteiger partial charge in [0.1, 0.15) is 5.76 Å². The second-order valence-corrected chi connectivity index (χ2v) is 7.76. The summed E-state index contributed by atoms with van der Waals surface area (Å²) in [6.07, 6.45) is 1.52. The van der Waals surface area contributed by atoms with Crippen LogP contribution in [0.3, 0.4) is 0 Å². The van der Waals surface area contributed by atoms with Crippen molar-refractivity contribution in [3.8, 4) is 0 Å². The van der Waals surface area contributed by atoms with Gasteiger partial charge in [-0.2, -0.15) is 4.31 Å². The molecule has 24 heavy (non-hydrogen) atoms. The number of carbonyl (C=O) groups excluding carboxylic acids is 1. The molecule has 0 spiro atoms. The highest BCUT2D eigenvalue weighted by Crippen LogP contribution is 2.26. The Bertz CT molecular complexity index is 799. The van der Waals surface area contributed by atoms with E-state index in [1.807, 2.05) is 0 Å². The molecule has 0 aliphatic rings. The lowest BCUT2D eigenvalue weighted by atomic mass is 10.2. The highest BCUT2D eigenvalue weighted by Gasteiger charge is 2.25. The molecule has 0 unspecified atom stereocenters. The Morgan fingerprint density at radius 1 is 1.25 bits per heavy atom. The maximum atomic E-state index is 12.7. The maximum Gasteiger partial charge on any atom is 0.251 e. The summed E-state index contributed by atoms with van der Waals surface area (Å²) in [6.45, 7) is 4.50. The largest absolute Gasteiger partial charge is 0.467 e. The van der Waals surface area contributed by atoms with Crippen molar-refractivity contribution in [2.75, 3.05) is 13.1 Å². The first-order valence-corrected chi connectivity index (χ1v) is 9.73. The quantitative estimate of drug-likeness (QED) is 0.754. The van der Waals surface area contributed by atoms with Crippen LogP contribution in [-0.4, -0.2) is 31.7 Å². The molecule has 1 aromatic heterocycles. The number of halogens is 1. The fourth-order valence-corrected chi connectivity index (χ4v) is 4.64. The molecule has 0 saturated carbocycles. The normalized spacial score (nSPS) is 11.7. The second-order valence-electron chi connectivity index (χ2n) is 5.00. The number of nitrogens with one attached hydrogen (secondary N) is 1. The summed E-state index contributed by atoms with van der Waals surface area (Å²) >= 11 is 3.26. The van der Waals surface area contributed by atoms with Gasteiger partial charge in [0.25, 0.3) is 5.91 Å². The number of carbonyl (C=O) groups is 1. The average Bonchev–Trinajstić information content (AvgIpc) is 3.07. The zero-order valence-corrected chi connectivity index (χ0v) is 15.9. The average molecular weight is 415 g/mol. The molecule has 6 nitrogen and oxygen atoms in total. The molecule has 1 amide bonds. The Labute approximate surface area is 150 Å². The minimum atomic E-state index is -3.66. The summed E-state index contributed by atoms with van der Waals surface area (Å²) < 4.78 is 32.3. The highest BCUT2D eigenvalue weighted by atomic mass is 79.9. The van der Waals surface area contributed by atoms with Gasteiger partial charge in [-0.05, 0) is 46.3 Å². The van der Waals surface area contributed by atoms with Gasteiger partial charge in [0.15, 0.2) is 0 Å². The van der Waals surface area contributed by atoms with Gasteiger partial charge < -0.3 is 9.73 Å².